The first kappa shape index (κ1) is 20.5. The number of rotatable bonds is 5. The zero-order valence-electron chi connectivity index (χ0n) is 16.5. The summed E-state index contributed by atoms with van der Waals surface area (Å²) in [6, 6.07) is 12.4. The summed E-state index contributed by atoms with van der Waals surface area (Å²) in [6.45, 7) is 5.28. The van der Waals surface area contributed by atoms with Crippen LogP contribution in [0.1, 0.15) is 47.1 Å². The number of carboxylic acid groups (broad SMARTS) is 1. The molecule has 0 saturated heterocycles. The second-order valence-electron chi connectivity index (χ2n) is 8.31. The first-order chi connectivity index (χ1) is 13.5. The lowest BCUT2D eigenvalue weighted by molar-refractivity contribution is 0.0468. The molecule has 3 rings (SSSR count). The molecule has 2 aromatic rings. The van der Waals surface area contributed by atoms with Gasteiger partial charge in [-0.1, -0.05) is 45.0 Å². The Hall–Kier alpha value is -3.22. The number of imide groups is 1. The van der Waals surface area contributed by atoms with Gasteiger partial charge in [0.1, 0.15) is 5.82 Å². The van der Waals surface area contributed by atoms with E-state index in [4.69, 9.17) is 0 Å². The molecule has 152 valence electrons. The molecule has 2 aromatic carbocycles. The molecule has 1 aliphatic rings. The van der Waals surface area contributed by atoms with Crippen molar-refractivity contribution in [3.63, 3.8) is 0 Å². The summed E-state index contributed by atoms with van der Waals surface area (Å²) in [5.74, 6) is -1.38. The smallest absolute Gasteiger partial charge is 0.405 e. The van der Waals surface area contributed by atoms with Crippen molar-refractivity contribution >= 4 is 17.9 Å². The van der Waals surface area contributed by atoms with Gasteiger partial charge in [-0.05, 0) is 41.7 Å². The normalized spacial score (nSPS) is 15.8. The highest BCUT2D eigenvalue weighted by molar-refractivity contribution is 6.21. The highest BCUT2D eigenvalue weighted by Crippen LogP contribution is 2.37. The predicted molar refractivity (Wildman–Crippen MR) is 105 cm³/mol. The van der Waals surface area contributed by atoms with Crippen LogP contribution in [0.4, 0.5) is 9.18 Å². The Balaban J connectivity index is 2.04. The van der Waals surface area contributed by atoms with Crippen molar-refractivity contribution in [2.45, 2.75) is 32.7 Å². The first-order valence-electron chi connectivity index (χ1n) is 9.25. The molecular formula is C22H23FN2O4. The fourth-order valence-electron chi connectivity index (χ4n) is 3.68. The van der Waals surface area contributed by atoms with Crippen LogP contribution in [0.15, 0.2) is 48.5 Å². The number of hydrogen-bond acceptors (Lipinski definition) is 3. The van der Waals surface area contributed by atoms with Crippen LogP contribution >= 0.6 is 0 Å². The van der Waals surface area contributed by atoms with Crippen LogP contribution < -0.4 is 5.32 Å². The molecule has 29 heavy (non-hydrogen) atoms. The van der Waals surface area contributed by atoms with E-state index >= 15 is 0 Å². The van der Waals surface area contributed by atoms with E-state index in [1.807, 2.05) is 20.8 Å². The van der Waals surface area contributed by atoms with Gasteiger partial charge < -0.3 is 10.4 Å². The van der Waals surface area contributed by atoms with E-state index < -0.39 is 34.7 Å². The topological polar surface area (TPSA) is 86.7 Å². The Morgan fingerprint density at radius 1 is 1.03 bits per heavy atom. The van der Waals surface area contributed by atoms with E-state index in [0.29, 0.717) is 16.7 Å². The Labute approximate surface area is 168 Å². The molecule has 0 unspecified atom stereocenters. The van der Waals surface area contributed by atoms with Gasteiger partial charge in [0.15, 0.2) is 0 Å². The van der Waals surface area contributed by atoms with Gasteiger partial charge in [0.2, 0.25) is 0 Å². The minimum Gasteiger partial charge on any atom is -0.465 e. The maximum atomic E-state index is 13.8. The van der Waals surface area contributed by atoms with E-state index in [0.717, 1.165) is 4.90 Å². The molecule has 0 aliphatic carbocycles. The van der Waals surface area contributed by atoms with E-state index in [1.165, 1.54) is 12.1 Å². The summed E-state index contributed by atoms with van der Waals surface area (Å²) < 4.78 is 13.8. The van der Waals surface area contributed by atoms with Gasteiger partial charge >= 0.3 is 6.09 Å². The maximum absolute atomic E-state index is 13.8. The van der Waals surface area contributed by atoms with Crippen molar-refractivity contribution in [3.05, 3.63) is 71.0 Å². The second-order valence-corrected chi connectivity index (χ2v) is 8.31. The van der Waals surface area contributed by atoms with Gasteiger partial charge in [0.05, 0.1) is 23.2 Å². The molecule has 2 N–H and O–H groups in total. The van der Waals surface area contributed by atoms with Gasteiger partial charge in [0.25, 0.3) is 11.8 Å². The molecular weight excluding hydrogens is 375 g/mol. The van der Waals surface area contributed by atoms with Crippen molar-refractivity contribution in [1.82, 2.24) is 10.2 Å². The summed E-state index contributed by atoms with van der Waals surface area (Å²) in [5.41, 5.74) is -0.791. The maximum Gasteiger partial charge on any atom is 0.405 e. The van der Waals surface area contributed by atoms with Gasteiger partial charge in [-0.15, -0.1) is 0 Å². The fourth-order valence-corrected chi connectivity index (χ4v) is 3.68. The molecule has 0 saturated carbocycles. The Kier molecular flexibility index (Phi) is 5.17. The summed E-state index contributed by atoms with van der Waals surface area (Å²) in [6.07, 6.45) is -1.18. The molecule has 0 radical (unpaired) electrons. The van der Waals surface area contributed by atoms with Gasteiger partial charge in [-0.25, -0.2) is 9.18 Å². The number of amides is 3. The van der Waals surface area contributed by atoms with E-state index in [1.54, 1.807) is 36.4 Å². The summed E-state index contributed by atoms with van der Waals surface area (Å²) >= 11 is 0. The number of halogens is 1. The Morgan fingerprint density at radius 2 is 1.62 bits per heavy atom. The van der Waals surface area contributed by atoms with Gasteiger partial charge in [-0.2, -0.15) is 0 Å². The number of nitrogens with zero attached hydrogens (tertiary/aromatic N) is 1. The molecule has 1 heterocycles. The van der Waals surface area contributed by atoms with Crippen molar-refractivity contribution in [1.29, 1.82) is 0 Å². The number of nitrogens with one attached hydrogen (secondary N) is 1. The van der Waals surface area contributed by atoms with Crippen LogP contribution in [0.5, 0.6) is 0 Å². The van der Waals surface area contributed by atoms with Crippen LogP contribution in [0.25, 0.3) is 0 Å². The highest BCUT2D eigenvalue weighted by atomic mass is 19.1. The quantitative estimate of drug-likeness (QED) is 0.752. The third-order valence-electron chi connectivity index (χ3n) is 5.48. The van der Waals surface area contributed by atoms with Crippen LogP contribution in [0, 0.1) is 11.2 Å². The number of fused-ring (bicyclic) bond motifs is 1. The monoisotopic (exact) mass is 398 g/mol. The number of carbonyl (C=O) groups is 3. The van der Waals surface area contributed by atoms with Crippen LogP contribution in [-0.2, 0) is 6.42 Å². The van der Waals surface area contributed by atoms with E-state index in [2.05, 4.69) is 5.32 Å². The fraction of sp³-hybridized carbons (Fsp3) is 0.318. The van der Waals surface area contributed by atoms with Crippen LogP contribution in [0.2, 0.25) is 0 Å². The highest BCUT2D eigenvalue weighted by Gasteiger charge is 2.48. The molecule has 0 fully saturated rings. The SMILES string of the molecule is CC(C)(C)[C@@](Cc1cccc(F)c1)(CN1C(=O)c2ccccc2C1=O)NC(=O)O. The van der Waals surface area contributed by atoms with Crippen LogP contribution in [0.3, 0.4) is 0 Å². The minimum absolute atomic E-state index is 0.105. The molecule has 6 nitrogen and oxygen atoms in total. The summed E-state index contributed by atoms with van der Waals surface area (Å²) in [4.78, 5) is 38.5. The van der Waals surface area contributed by atoms with E-state index in [9.17, 15) is 23.9 Å². The number of carbonyl (C=O) groups excluding carboxylic acids is 2. The zero-order valence-corrected chi connectivity index (χ0v) is 16.5. The van der Waals surface area contributed by atoms with Crippen molar-refractivity contribution in [2.75, 3.05) is 6.54 Å². The van der Waals surface area contributed by atoms with Crippen molar-refractivity contribution < 1.29 is 23.9 Å². The minimum atomic E-state index is -1.28. The molecule has 7 heteroatoms. The standard InChI is InChI=1S/C22H23FN2O4/c1-21(2,3)22(24-20(28)29,12-14-7-6-8-15(23)11-14)13-25-18(26)16-9-4-5-10-17(16)19(25)27/h4-11,24H,12-13H2,1-3H3,(H,28,29)/t22-/m1/s1. The van der Waals surface area contributed by atoms with E-state index in [-0.39, 0.29) is 13.0 Å². The Bertz CT molecular complexity index is 948. The third-order valence-corrected chi connectivity index (χ3v) is 5.48. The van der Waals surface area contributed by atoms with Gasteiger partial charge in [-0.3, -0.25) is 14.5 Å². The average Bonchev–Trinajstić information content (AvgIpc) is 2.85. The first-order valence-corrected chi connectivity index (χ1v) is 9.25. The summed E-state index contributed by atoms with van der Waals surface area (Å²) in [7, 11) is 0. The summed E-state index contributed by atoms with van der Waals surface area (Å²) in [5, 5.41) is 12.1. The molecule has 0 bridgehead atoms. The van der Waals surface area contributed by atoms with Gasteiger partial charge in [0, 0.05) is 0 Å². The number of hydrogen-bond donors (Lipinski definition) is 2. The second kappa shape index (κ2) is 7.31. The lowest BCUT2D eigenvalue weighted by Gasteiger charge is -2.46. The average molecular weight is 398 g/mol. The number of benzene rings is 2. The third kappa shape index (κ3) is 3.85. The lowest BCUT2D eigenvalue weighted by atomic mass is 9.69. The lowest BCUT2D eigenvalue weighted by Crippen LogP contribution is -2.64. The predicted octanol–water partition coefficient (Wildman–Crippen LogP) is 3.72. The molecule has 1 aliphatic heterocycles. The molecule has 0 spiro atoms. The van der Waals surface area contributed by atoms with Crippen molar-refractivity contribution in [2.24, 2.45) is 5.41 Å². The molecule has 0 aromatic heterocycles. The van der Waals surface area contributed by atoms with Crippen molar-refractivity contribution in [3.8, 4) is 0 Å². The zero-order chi connectivity index (χ0) is 21.4. The molecule has 3 amide bonds. The molecule has 1 atom stereocenters. The Morgan fingerprint density at radius 3 is 2.10 bits per heavy atom. The largest absolute Gasteiger partial charge is 0.465 e. The van der Waals surface area contributed by atoms with Crippen LogP contribution in [-0.4, -0.2) is 40.0 Å².